The largest absolute Gasteiger partial charge is 0.456 e. The van der Waals surface area contributed by atoms with Crippen molar-refractivity contribution in [3.05, 3.63) is 0 Å². The molecule has 0 heterocycles. The fourth-order valence-corrected chi connectivity index (χ4v) is 3.26. The molecule has 5 nitrogen and oxygen atoms in total. The lowest BCUT2D eigenvalue weighted by Gasteiger charge is -2.14. The van der Waals surface area contributed by atoms with Gasteiger partial charge in [0.15, 0.2) is 6.10 Å². The summed E-state index contributed by atoms with van der Waals surface area (Å²) in [6, 6.07) is 0. The molecule has 0 aliphatic heterocycles. The Morgan fingerprint density at radius 1 is 0.692 bits per heavy atom. The summed E-state index contributed by atoms with van der Waals surface area (Å²) in [6.07, 6.45) is 15.3. The number of hydrogen-bond donors (Lipinski definition) is 1. The van der Waals surface area contributed by atoms with Gasteiger partial charge in [-0.2, -0.15) is 13.5 Å². The number of carbonyl (C=O) groups excluding carboxylic acids is 2. The first-order valence-electron chi connectivity index (χ1n) is 13.5. The van der Waals surface area contributed by atoms with Crippen LogP contribution in [-0.4, -0.2) is 36.4 Å². The van der Waals surface area contributed by atoms with Crippen LogP contribution in [0.15, 0.2) is 0 Å². The van der Waals surface area contributed by atoms with E-state index in [1.54, 1.807) is 6.92 Å². The van der Waals surface area contributed by atoms with Gasteiger partial charge < -0.3 is 14.6 Å². The Bertz CT molecular complexity index is 1090. The van der Waals surface area contributed by atoms with Crippen LogP contribution in [0.4, 0.5) is 0 Å². The molecule has 0 amide bonds. The SMILES string of the molecule is CC#CC#CC#CC#CC#CC#CC(=O)OC[C@@H](CO)OC(=O)CCCCCCCCCCCCCCC.S.[HH].[HH].[HH].[HH].[HH].[HH].[HH].[HH].[HH].[HH].[HH]. The predicted octanol–water partition coefficient (Wildman–Crippen LogP) is 7.77. The van der Waals surface area contributed by atoms with Crippen molar-refractivity contribution in [2.24, 2.45) is 0 Å². The molecule has 0 aliphatic carbocycles. The van der Waals surface area contributed by atoms with Gasteiger partial charge in [0, 0.05) is 28.0 Å². The van der Waals surface area contributed by atoms with Gasteiger partial charge in [0.05, 0.1) is 6.61 Å². The van der Waals surface area contributed by atoms with Crippen molar-refractivity contribution < 1.29 is 39.9 Å². The van der Waals surface area contributed by atoms with Crippen LogP contribution in [0.1, 0.15) is 119 Å². The molecule has 0 unspecified atom stereocenters. The Balaban J connectivity index is -0.000000104. The van der Waals surface area contributed by atoms with Gasteiger partial charge in [-0.15, -0.1) is 0 Å². The third-order valence-corrected chi connectivity index (χ3v) is 5.24. The molecule has 0 spiro atoms. The molecule has 0 fully saturated rings. The standard InChI is InChI=1S/C33H40O5.H2S.11H2/c1-3-5-7-9-11-13-15-16-18-20-22-24-26-28-33(36)38-31(29-34)30-37-32(35)27-25-23-21-19-17-14-12-10-8-6-4-2;;;;;;;;;;;;/h31,34H,3,5,7,9,11,13,15-16,18,20,22,24,26,28-30H2,1-2H3;1H2;11*1H/t31-;;;;;;;;;;;;/m1............/s1. The lowest BCUT2D eigenvalue weighted by atomic mass is 10.0. The zero-order valence-electron chi connectivity index (χ0n) is 23.5. The summed E-state index contributed by atoms with van der Waals surface area (Å²) < 4.78 is 10.1. The van der Waals surface area contributed by atoms with Crippen molar-refractivity contribution >= 4 is 25.4 Å². The minimum atomic E-state index is -0.919. The van der Waals surface area contributed by atoms with E-state index in [1.165, 1.54) is 64.2 Å². The van der Waals surface area contributed by atoms with Crippen LogP contribution in [0.3, 0.4) is 0 Å². The summed E-state index contributed by atoms with van der Waals surface area (Å²) in [7, 11) is 0. The molecule has 39 heavy (non-hydrogen) atoms. The topological polar surface area (TPSA) is 72.8 Å². The second-order valence-corrected chi connectivity index (χ2v) is 8.51. The van der Waals surface area contributed by atoms with E-state index in [0.29, 0.717) is 0 Å². The maximum Gasteiger partial charge on any atom is 0.385 e. The summed E-state index contributed by atoms with van der Waals surface area (Å²) >= 11 is 0. The van der Waals surface area contributed by atoms with Crippen molar-refractivity contribution in [1.29, 1.82) is 0 Å². The van der Waals surface area contributed by atoms with Crippen LogP contribution in [0.25, 0.3) is 0 Å². The summed E-state index contributed by atoms with van der Waals surface area (Å²) in [5.74, 6) is 28.0. The Labute approximate surface area is 259 Å². The molecule has 0 saturated carbocycles. The molecule has 0 saturated heterocycles. The number of aliphatic hydroxyl groups excluding tert-OH is 1. The van der Waals surface area contributed by atoms with Crippen molar-refractivity contribution in [2.75, 3.05) is 13.2 Å². The molecule has 0 bridgehead atoms. The van der Waals surface area contributed by atoms with E-state index < -0.39 is 24.6 Å². The highest BCUT2D eigenvalue weighted by Gasteiger charge is 2.15. The molecular weight excluding hydrogens is 508 g/mol. The lowest BCUT2D eigenvalue weighted by Crippen LogP contribution is -2.28. The fourth-order valence-electron chi connectivity index (χ4n) is 3.26. The van der Waals surface area contributed by atoms with Crippen LogP contribution >= 0.6 is 13.5 Å². The van der Waals surface area contributed by atoms with Gasteiger partial charge in [-0.25, -0.2) is 4.79 Å². The normalized spacial score (nSPS) is 9.21. The maximum atomic E-state index is 12.0. The molecule has 0 radical (unpaired) electrons. The molecule has 0 aromatic rings. The van der Waals surface area contributed by atoms with Crippen molar-refractivity contribution in [2.45, 2.75) is 110 Å². The third kappa shape index (κ3) is 29.0. The Morgan fingerprint density at radius 3 is 1.59 bits per heavy atom. The van der Waals surface area contributed by atoms with Crippen molar-refractivity contribution in [1.82, 2.24) is 0 Å². The highest BCUT2D eigenvalue weighted by molar-refractivity contribution is 7.59. The monoisotopic (exact) mass is 572 g/mol. The zero-order valence-corrected chi connectivity index (χ0v) is 24.5. The van der Waals surface area contributed by atoms with Gasteiger partial charge in [-0.3, -0.25) is 4.79 Å². The average Bonchev–Trinajstić information content (AvgIpc) is 2.92. The Morgan fingerprint density at radius 2 is 1.13 bits per heavy atom. The predicted molar refractivity (Wildman–Crippen MR) is 184 cm³/mol. The summed E-state index contributed by atoms with van der Waals surface area (Å²) in [4.78, 5) is 23.6. The smallest absolute Gasteiger partial charge is 0.385 e. The van der Waals surface area contributed by atoms with Gasteiger partial charge in [0.1, 0.15) is 6.61 Å². The Kier molecular flexibility index (Phi) is 29.9. The first-order valence-corrected chi connectivity index (χ1v) is 13.5. The molecule has 232 valence electrons. The maximum absolute atomic E-state index is 12.0. The lowest BCUT2D eigenvalue weighted by molar-refractivity contribution is -0.159. The minimum Gasteiger partial charge on any atom is -0.456 e. The Hall–Kier alpha value is -3.39. The van der Waals surface area contributed by atoms with E-state index >= 15 is 0 Å². The van der Waals surface area contributed by atoms with Crippen molar-refractivity contribution in [3.8, 4) is 71.0 Å². The quantitative estimate of drug-likeness (QED) is 0.0786. The van der Waals surface area contributed by atoms with Crippen LogP contribution in [-0.2, 0) is 19.1 Å². The van der Waals surface area contributed by atoms with Crippen LogP contribution in [0, 0.1) is 71.0 Å². The first-order chi connectivity index (χ1) is 18.6. The number of hydrogen-bond acceptors (Lipinski definition) is 5. The van der Waals surface area contributed by atoms with Crippen LogP contribution in [0.2, 0.25) is 0 Å². The van der Waals surface area contributed by atoms with Gasteiger partial charge in [-0.1, -0.05) is 89.9 Å². The summed E-state index contributed by atoms with van der Waals surface area (Å²) in [5, 5.41) is 9.38. The molecule has 6 heteroatoms. The van der Waals surface area contributed by atoms with E-state index in [0.717, 1.165) is 19.3 Å². The molecule has 0 aromatic heterocycles. The first kappa shape index (κ1) is 37.8. The van der Waals surface area contributed by atoms with Crippen LogP contribution < -0.4 is 0 Å². The van der Waals surface area contributed by atoms with E-state index in [9.17, 15) is 14.7 Å². The molecular formula is C33H64O5S. The highest BCUT2D eigenvalue weighted by atomic mass is 32.1. The number of aliphatic hydroxyl groups is 1. The molecule has 0 aliphatic rings. The molecule has 1 N–H and O–H groups in total. The molecule has 0 aromatic carbocycles. The highest BCUT2D eigenvalue weighted by Crippen LogP contribution is 2.13. The second-order valence-electron chi connectivity index (χ2n) is 8.51. The van der Waals surface area contributed by atoms with E-state index in [1.807, 2.05) is 0 Å². The van der Waals surface area contributed by atoms with E-state index in [4.69, 9.17) is 9.47 Å². The molecule has 0 rings (SSSR count). The number of carbonyl (C=O) groups is 2. The van der Waals surface area contributed by atoms with Gasteiger partial charge in [0.2, 0.25) is 0 Å². The molecule has 1 atom stereocenters. The summed E-state index contributed by atoms with van der Waals surface area (Å²) in [5.41, 5.74) is 0. The minimum absolute atomic E-state index is 0. The fraction of sp³-hybridized carbons (Fsp3) is 0.576. The number of ether oxygens (including phenoxy) is 2. The number of esters is 2. The van der Waals surface area contributed by atoms with Crippen molar-refractivity contribution in [3.63, 3.8) is 0 Å². The zero-order chi connectivity index (χ0) is 27.9. The number of unbranched alkanes of at least 4 members (excludes halogenated alkanes) is 12. The second kappa shape index (κ2) is 30.8. The van der Waals surface area contributed by atoms with Crippen LogP contribution in [0.5, 0.6) is 0 Å². The van der Waals surface area contributed by atoms with E-state index in [-0.39, 0.29) is 42.2 Å². The average molecular weight is 573 g/mol. The third-order valence-electron chi connectivity index (χ3n) is 5.24. The summed E-state index contributed by atoms with van der Waals surface area (Å²) in [6.45, 7) is 3.19. The van der Waals surface area contributed by atoms with Gasteiger partial charge in [0.25, 0.3) is 0 Å². The van der Waals surface area contributed by atoms with Gasteiger partial charge in [-0.05, 0) is 72.5 Å². The van der Waals surface area contributed by atoms with Gasteiger partial charge >= 0.3 is 11.9 Å². The van der Waals surface area contributed by atoms with E-state index in [2.05, 4.69) is 78.0 Å². The number of rotatable bonds is 18.